The first-order valence-corrected chi connectivity index (χ1v) is 5.72. The van der Waals surface area contributed by atoms with Crippen molar-refractivity contribution in [3.63, 3.8) is 0 Å². The highest BCUT2D eigenvalue weighted by Crippen LogP contribution is 2.19. The Morgan fingerprint density at radius 2 is 1.89 bits per heavy atom. The van der Waals surface area contributed by atoms with E-state index >= 15 is 0 Å². The Balaban J connectivity index is 2.60. The molecule has 2 aliphatic heterocycles. The topological polar surface area (TPSA) is 93.5 Å². The normalized spacial score (nSPS) is 11.3. The highest BCUT2D eigenvalue weighted by molar-refractivity contribution is 5.76. The predicted octanol–water partition coefficient (Wildman–Crippen LogP) is 0.133. The smallest absolute Gasteiger partial charge is 0.310 e. The molecule has 1 aromatic rings. The molecule has 0 aliphatic carbocycles. The van der Waals surface area contributed by atoms with E-state index in [4.69, 9.17) is 0 Å². The Morgan fingerprint density at radius 1 is 1.16 bits per heavy atom. The fourth-order valence-electron chi connectivity index (χ4n) is 2.00. The zero-order valence-electron chi connectivity index (χ0n) is 10.7. The minimum atomic E-state index is -0.682. The van der Waals surface area contributed by atoms with E-state index in [-0.39, 0.29) is 11.5 Å². The van der Waals surface area contributed by atoms with Crippen LogP contribution >= 0.6 is 0 Å². The zero-order valence-corrected chi connectivity index (χ0v) is 10.7. The van der Waals surface area contributed by atoms with Gasteiger partial charge in [-0.05, 0) is 25.5 Å². The molecular weight excluding hydrogens is 246 g/mol. The van der Waals surface area contributed by atoms with Crippen molar-refractivity contribution < 1.29 is 0 Å². The van der Waals surface area contributed by atoms with Crippen LogP contribution in [0.15, 0.2) is 15.7 Å². The van der Waals surface area contributed by atoms with Gasteiger partial charge in [-0.15, -0.1) is 0 Å². The maximum absolute atomic E-state index is 11.8. The van der Waals surface area contributed by atoms with E-state index in [0.29, 0.717) is 11.2 Å². The van der Waals surface area contributed by atoms with Crippen molar-refractivity contribution in [2.75, 3.05) is 0 Å². The van der Waals surface area contributed by atoms with Crippen LogP contribution in [0.2, 0.25) is 0 Å². The fraction of sp³-hybridized carbons (Fsp3) is 0.250. The van der Waals surface area contributed by atoms with Crippen molar-refractivity contribution >= 4 is 11.2 Å². The van der Waals surface area contributed by atoms with Crippen molar-refractivity contribution in [1.29, 1.82) is 0 Å². The van der Waals surface area contributed by atoms with Gasteiger partial charge in [0.05, 0.1) is 0 Å². The number of aromatic amines is 1. The van der Waals surface area contributed by atoms with Gasteiger partial charge in [0.1, 0.15) is 5.52 Å². The lowest BCUT2D eigenvalue weighted by Gasteiger charge is -2.12. The Kier molecular flexibility index (Phi) is 2.25. The van der Waals surface area contributed by atoms with E-state index in [0.717, 1.165) is 11.3 Å². The molecule has 0 unspecified atom stereocenters. The fourth-order valence-corrected chi connectivity index (χ4v) is 2.00. The lowest BCUT2D eigenvalue weighted by atomic mass is 10.2. The molecule has 19 heavy (non-hydrogen) atoms. The van der Waals surface area contributed by atoms with Crippen LogP contribution < -0.4 is 11.2 Å². The lowest BCUT2D eigenvalue weighted by molar-refractivity contribution is 0.854. The van der Waals surface area contributed by atoms with E-state index in [1.54, 1.807) is 11.6 Å². The third-order valence-corrected chi connectivity index (χ3v) is 3.15. The van der Waals surface area contributed by atoms with Gasteiger partial charge in [0.15, 0.2) is 17.2 Å². The standard InChI is InChI=1S/C12H11N5O2/c1-5-4-7-9(13-6(5)2)17(3)10-8(14-7)11(18)16-12(19)15-10/h4H,1-3H3,(H,16,18,19). The minimum Gasteiger partial charge on any atom is -0.310 e. The summed E-state index contributed by atoms with van der Waals surface area (Å²) >= 11 is 0. The van der Waals surface area contributed by atoms with Crippen molar-refractivity contribution in [1.82, 2.24) is 24.5 Å². The number of aryl methyl sites for hydroxylation is 3. The summed E-state index contributed by atoms with van der Waals surface area (Å²) in [6.45, 7) is 3.82. The molecule has 0 spiro atoms. The van der Waals surface area contributed by atoms with Gasteiger partial charge in [0.2, 0.25) is 0 Å². The number of hydrogen-bond donors (Lipinski definition) is 1. The van der Waals surface area contributed by atoms with Crippen LogP contribution in [-0.2, 0) is 7.05 Å². The van der Waals surface area contributed by atoms with Gasteiger partial charge in [-0.3, -0.25) is 9.78 Å². The summed E-state index contributed by atoms with van der Waals surface area (Å²) in [6.07, 6.45) is 0. The van der Waals surface area contributed by atoms with Crippen LogP contribution in [-0.4, -0.2) is 24.5 Å². The van der Waals surface area contributed by atoms with Crippen molar-refractivity contribution in [2.24, 2.45) is 7.05 Å². The SMILES string of the molecule is Cc1cc2nc3c(=O)[nH]c(=O)nc-3n(C)c2nc1C. The van der Waals surface area contributed by atoms with Crippen LogP contribution in [0.1, 0.15) is 11.3 Å². The van der Waals surface area contributed by atoms with Gasteiger partial charge in [-0.1, -0.05) is 0 Å². The second-order valence-electron chi connectivity index (χ2n) is 4.45. The quantitative estimate of drug-likeness (QED) is 0.578. The van der Waals surface area contributed by atoms with Gasteiger partial charge < -0.3 is 4.57 Å². The molecule has 2 aliphatic rings. The number of aromatic nitrogens is 5. The maximum atomic E-state index is 11.8. The van der Waals surface area contributed by atoms with Crippen LogP contribution in [0.25, 0.3) is 22.7 Å². The van der Waals surface area contributed by atoms with Gasteiger partial charge in [0, 0.05) is 12.7 Å². The molecule has 3 heterocycles. The number of fused-ring (bicyclic) bond motifs is 2. The second-order valence-corrected chi connectivity index (χ2v) is 4.45. The van der Waals surface area contributed by atoms with E-state index in [9.17, 15) is 9.59 Å². The van der Waals surface area contributed by atoms with Gasteiger partial charge in [0.25, 0.3) is 5.56 Å². The third kappa shape index (κ3) is 1.62. The summed E-state index contributed by atoms with van der Waals surface area (Å²) < 4.78 is 1.61. The van der Waals surface area contributed by atoms with Gasteiger partial charge in [-0.2, -0.15) is 4.98 Å². The zero-order chi connectivity index (χ0) is 13.7. The molecule has 96 valence electrons. The first-order chi connectivity index (χ1) is 8.97. The van der Waals surface area contributed by atoms with Crippen molar-refractivity contribution in [2.45, 2.75) is 13.8 Å². The average Bonchev–Trinajstić information content (AvgIpc) is 2.34. The third-order valence-electron chi connectivity index (χ3n) is 3.15. The molecule has 0 saturated heterocycles. The first-order valence-electron chi connectivity index (χ1n) is 5.72. The summed E-state index contributed by atoms with van der Waals surface area (Å²) in [5, 5.41) is 0. The molecule has 7 nitrogen and oxygen atoms in total. The van der Waals surface area contributed by atoms with Crippen LogP contribution in [0.4, 0.5) is 0 Å². The summed E-state index contributed by atoms with van der Waals surface area (Å²) in [6, 6.07) is 1.86. The second kappa shape index (κ2) is 3.71. The van der Waals surface area contributed by atoms with Crippen LogP contribution in [0, 0.1) is 13.8 Å². The summed E-state index contributed by atoms with van der Waals surface area (Å²) in [5.41, 5.74) is 1.97. The molecule has 0 saturated carbocycles. The molecule has 7 heteroatoms. The lowest BCUT2D eigenvalue weighted by Crippen LogP contribution is -2.28. The summed E-state index contributed by atoms with van der Waals surface area (Å²) in [7, 11) is 1.71. The number of rotatable bonds is 0. The van der Waals surface area contributed by atoms with Crippen LogP contribution in [0.5, 0.6) is 0 Å². The monoisotopic (exact) mass is 257 g/mol. The molecule has 0 radical (unpaired) electrons. The molecule has 3 rings (SSSR count). The Morgan fingerprint density at radius 3 is 2.63 bits per heavy atom. The molecule has 0 aromatic carbocycles. The van der Waals surface area contributed by atoms with Gasteiger partial charge in [-0.25, -0.2) is 14.8 Å². The minimum absolute atomic E-state index is 0.139. The Bertz CT molecular complexity index is 893. The first kappa shape index (κ1) is 11.5. The molecule has 0 amide bonds. The van der Waals surface area contributed by atoms with Gasteiger partial charge >= 0.3 is 5.69 Å². The number of pyridine rings is 1. The number of nitrogens with zero attached hydrogens (tertiary/aromatic N) is 4. The Labute approximate surface area is 107 Å². The number of nitrogens with one attached hydrogen (secondary N) is 1. The highest BCUT2D eigenvalue weighted by atomic mass is 16.2. The molecular formula is C12H11N5O2. The van der Waals surface area contributed by atoms with E-state index in [1.165, 1.54) is 0 Å². The molecule has 1 N–H and O–H groups in total. The maximum Gasteiger partial charge on any atom is 0.349 e. The van der Waals surface area contributed by atoms with E-state index in [2.05, 4.69) is 19.9 Å². The summed E-state index contributed by atoms with van der Waals surface area (Å²) in [5.74, 6) is 0.233. The highest BCUT2D eigenvalue weighted by Gasteiger charge is 2.17. The molecule has 1 aromatic heterocycles. The van der Waals surface area contributed by atoms with Crippen molar-refractivity contribution in [3.8, 4) is 11.5 Å². The van der Waals surface area contributed by atoms with Crippen molar-refractivity contribution in [3.05, 3.63) is 38.2 Å². The Hall–Kier alpha value is -2.57. The predicted molar refractivity (Wildman–Crippen MR) is 69.3 cm³/mol. The summed E-state index contributed by atoms with van der Waals surface area (Å²) in [4.78, 5) is 37.6. The van der Waals surface area contributed by atoms with E-state index < -0.39 is 11.2 Å². The largest absolute Gasteiger partial charge is 0.349 e. The van der Waals surface area contributed by atoms with E-state index in [1.807, 2.05) is 19.9 Å². The molecule has 0 bridgehead atoms. The van der Waals surface area contributed by atoms with Crippen LogP contribution in [0.3, 0.4) is 0 Å². The molecule has 0 fully saturated rings. The number of hydrogen-bond acceptors (Lipinski definition) is 5. The molecule has 0 atom stereocenters. The number of H-pyrrole nitrogens is 1. The average molecular weight is 257 g/mol.